The van der Waals surface area contributed by atoms with Crippen molar-refractivity contribution in [1.29, 1.82) is 0 Å². The molecular formula is C15H18Cl2N4O3S. The largest absolute Gasteiger partial charge is 0.338 e. The minimum atomic E-state index is -3.60. The van der Waals surface area contributed by atoms with Crippen molar-refractivity contribution in [3.63, 3.8) is 0 Å². The van der Waals surface area contributed by atoms with Crippen LogP contribution in [0.15, 0.2) is 27.6 Å². The zero-order chi connectivity index (χ0) is 18.2. The maximum atomic E-state index is 12.8. The third-order valence-electron chi connectivity index (χ3n) is 4.25. The lowest BCUT2D eigenvalue weighted by atomic mass is 10.2. The summed E-state index contributed by atoms with van der Waals surface area (Å²) in [6.45, 7) is 5.63. The number of aryl methyl sites for hydroxylation is 1. The molecule has 1 saturated heterocycles. The van der Waals surface area contributed by atoms with Crippen molar-refractivity contribution in [2.75, 3.05) is 26.2 Å². The first-order valence-electron chi connectivity index (χ1n) is 7.78. The number of nitrogens with zero attached hydrogens (tertiary/aromatic N) is 4. The van der Waals surface area contributed by atoms with Gasteiger partial charge < -0.3 is 4.52 Å². The monoisotopic (exact) mass is 404 g/mol. The second-order valence-electron chi connectivity index (χ2n) is 5.87. The molecule has 2 heterocycles. The van der Waals surface area contributed by atoms with E-state index < -0.39 is 10.0 Å². The van der Waals surface area contributed by atoms with Gasteiger partial charge in [0.15, 0.2) is 5.82 Å². The van der Waals surface area contributed by atoms with Crippen LogP contribution in [-0.2, 0) is 10.0 Å². The summed E-state index contributed by atoms with van der Waals surface area (Å²) in [5.41, 5.74) is 0. The molecular weight excluding hydrogens is 387 g/mol. The van der Waals surface area contributed by atoms with Crippen LogP contribution < -0.4 is 0 Å². The Balaban J connectivity index is 1.69. The Kier molecular flexibility index (Phi) is 5.36. The average Bonchev–Trinajstić information content (AvgIpc) is 3.03. The lowest BCUT2D eigenvalue weighted by Gasteiger charge is -2.36. The Labute approximate surface area is 156 Å². The zero-order valence-corrected chi connectivity index (χ0v) is 16.1. The lowest BCUT2D eigenvalue weighted by Crippen LogP contribution is -2.49. The Bertz CT molecular complexity index is 863. The van der Waals surface area contributed by atoms with Crippen molar-refractivity contribution >= 4 is 33.2 Å². The van der Waals surface area contributed by atoms with Gasteiger partial charge in [-0.25, -0.2) is 8.42 Å². The number of rotatable bonds is 4. The van der Waals surface area contributed by atoms with E-state index in [0.29, 0.717) is 42.9 Å². The molecule has 0 spiro atoms. The smallest absolute Gasteiger partial charge is 0.243 e. The predicted octanol–water partition coefficient (Wildman–Crippen LogP) is 2.75. The third kappa shape index (κ3) is 3.83. The lowest BCUT2D eigenvalue weighted by molar-refractivity contribution is 0.124. The summed E-state index contributed by atoms with van der Waals surface area (Å²) in [7, 11) is -3.60. The van der Waals surface area contributed by atoms with Crippen LogP contribution in [0.2, 0.25) is 10.0 Å². The molecule has 1 aromatic carbocycles. The minimum absolute atomic E-state index is 0.0592. The molecule has 1 fully saturated rings. The minimum Gasteiger partial charge on any atom is -0.338 e. The normalized spacial score (nSPS) is 18.4. The summed E-state index contributed by atoms with van der Waals surface area (Å²) in [4.78, 5) is 6.51. The van der Waals surface area contributed by atoms with E-state index in [1.807, 2.05) is 6.92 Å². The first kappa shape index (κ1) is 18.6. The standard InChI is InChI=1S/C15H18Cl2N4O3S/c1-10(15-18-11(2)19-24-15)20-5-7-21(8-6-20)25(22,23)12-3-4-13(16)14(17)9-12/h3-4,9-10H,5-8H2,1-2H3/t10-/m1/s1. The SMILES string of the molecule is Cc1noc([C@@H](C)N2CCN(S(=O)(=O)c3ccc(Cl)c(Cl)c3)CC2)n1. The maximum Gasteiger partial charge on any atom is 0.243 e. The Morgan fingerprint density at radius 3 is 2.40 bits per heavy atom. The molecule has 3 rings (SSSR count). The van der Waals surface area contributed by atoms with Crippen molar-refractivity contribution in [1.82, 2.24) is 19.3 Å². The second-order valence-corrected chi connectivity index (χ2v) is 8.62. The van der Waals surface area contributed by atoms with Crippen molar-refractivity contribution in [2.45, 2.75) is 24.8 Å². The van der Waals surface area contributed by atoms with Gasteiger partial charge in [0, 0.05) is 26.2 Å². The highest BCUT2D eigenvalue weighted by Crippen LogP contribution is 2.28. The van der Waals surface area contributed by atoms with Crippen molar-refractivity contribution in [3.05, 3.63) is 40.0 Å². The molecule has 2 aromatic rings. The van der Waals surface area contributed by atoms with Crippen molar-refractivity contribution in [3.8, 4) is 0 Å². The summed E-state index contributed by atoms with van der Waals surface area (Å²) in [5.74, 6) is 1.13. The number of benzene rings is 1. The summed E-state index contributed by atoms with van der Waals surface area (Å²) in [5, 5.41) is 4.35. The van der Waals surface area contributed by atoms with Crippen molar-refractivity contribution < 1.29 is 12.9 Å². The molecule has 0 amide bonds. The molecule has 1 aliphatic heterocycles. The number of hydrogen-bond acceptors (Lipinski definition) is 6. The Morgan fingerprint density at radius 2 is 1.84 bits per heavy atom. The maximum absolute atomic E-state index is 12.8. The van der Waals surface area contributed by atoms with Crippen LogP contribution in [0.5, 0.6) is 0 Å². The van der Waals surface area contributed by atoms with Gasteiger partial charge in [0.2, 0.25) is 15.9 Å². The predicted molar refractivity (Wildman–Crippen MR) is 94.2 cm³/mol. The van der Waals surface area contributed by atoms with Gasteiger partial charge in [0.05, 0.1) is 21.0 Å². The van der Waals surface area contributed by atoms with Crippen LogP contribution in [0.4, 0.5) is 0 Å². The van der Waals surface area contributed by atoms with E-state index in [0.717, 1.165) is 0 Å². The molecule has 0 bridgehead atoms. The highest BCUT2D eigenvalue weighted by Gasteiger charge is 2.32. The molecule has 0 aliphatic carbocycles. The van der Waals surface area contributed by atoms with Gasteiger partial charge in [0.25, 0.3) is 0 Å². The van der Waals surface area contributed by atoms with E-state index in [-0.39, 0.29) is 16.0 Å². The van der Waals surface area contributed by atoms with Crippen LogP contribution >= 0.6 is 23.2 Å². The van der Waals surface area contributed by atoms with Gasteiger partial charge in [-0.2, -0.15) is 9.29 Å². The quantitative estimate of drug-likeness (QED) is 0.779. The van der Waals surface area contributed by atoms with Gasteiger partial charge in [0.1, 0.15) is 0 Å². The first-order chi connectivity index (χ1) is 11.8. The highest BCUT2D eigenvalue weighted by atomic mass is 35.5. The number of piperazine rings is 1. The molecule has 7 nitrogen and oxygen atoms in total. The summed E-state index contributed by atoms with van der Waals surface area (Å²) in [6.07, 6.45) is 0. The summed E-state index contributed by atoms with van der Waals surface area (Å²) >= 11 is 11.8. The topological polar surface area (TPSA) is 79.5 Å². The molecule has 0 radical (unpaired) electrons. The van der Waals surface area contributed by atoms with Crippen LogP contribution in [-0.4, -0.2) is 53.9 Å². The molecule has 10 heteroatoms. The molecule has 0 unspecified atom stereocenters. The van der Waals surface area contributed by atoms with E-state index in [2.05, 4.69) is 15.0 Å². The molecule has 1 aromatic heterocycles. The second kappa shape index (κ2) is 7.20. The van der Waals surface area contributed by atoms with E-state index in [9.17, 15) is 8.42 Å². The van der Waals surface area contributed by atoms with E-state index in [1.54, 1.807) is 6.92 Å². The van der Waals surface area contributed by atoms with E-state index in [4.69, 9.17) is 27.7 Å². The fraction of sp³-hybridized carbons (Fsp3) is 0.467. The molecule has 136 valence electrons. The van der Waals surface area contributed by atoms with Crippen LogP contribution in [0.3, 0.4) is 0 Å². The summed E-state index contributed by atoms with van der Waals surface area (Å²) in [6, 6.07) is 4.29. The molecule has 1 aliphatic rings. The van der Waals surface area contributed by atoms with Crippen LogP contribution in [0.1, 0.15) is 24.7 Å². The Morgan fingerprint density at radius 1 is 1.16 bits per heavy atom. The number of halogens is 2. The Hall–Kier alpha value is -1.19. The van der Waals surface area contributed by atoms with Gasteiger partial charge in [-0.1, -0.05) is 28.4 Å². The third-order valence-corrected chi connectivity index (χ3v) is 6.88. The summed E-state index contributed by atoms with van der Waals surface area (Å²) < 4.78 is 32.2. The number of hydrogen-bond donors (Lipinski definition) is 0. The molecule has 0 saturated carbocycles. The van der Waals surface area contributed by atoms with Crippen molar-refractivity contribution in [2.24, 2.45) is 0 Å². The first-order valence-corrected chi connectivity index (χ1v) is 9.98. The fourth-order valence-electron chi connectivity index (χ4n) is 2.76. The molecule has 0 N–H and O–H groups in total. The highest BCUT2D eigenvalue weighted by molar-refractivity contribution is 7.89. The van der Waals surface area contributed by atoms with E-state index >= 15 is 0 Å². The average molecular weight is 405 g/mol. The van der Waals surface area contributed by atoms with Gasteiger partial charge >= 0.3 is 0 Å². The van der Waals surface area contributed by atoms with Gasteiger partial charge in [-0.3, -0.25) is 4.90 Å². The molecule has 1 atom stereocenters. The number of aromatic nitrogens is 2. The van der Waals surface area contributed by atoms with Gasteiger partial charge in [-0.15, -0.1) is 0 Å². The van der Waals surface area contributed by atoms with Gasteiger partial charge in [-0.05, 0) is 32.0 Å². The number of sulfonamides is 1. The van der Waals surface area contributed by atoms with E-state index in [1.165, 1.54) is 22.5 Å². The van der Waals surface area contributed by atoms with Crippen LogP contribution in [0, 0.1) is 6.92 Å². The zero-order valence-electron chi connectivity index (χ0n) is 13.8. The molecule has 25 heavy (non-hydrogen) atoms. The fourth-order valence-corrected chi connectivity index (χ4v) is 4.57. The van der Waals surface area contributed by atoms with Crippen LogP contribution in [0.25, 0.3) is 0 Å².